The van der Waals surface area contributed by atoms with Crippen LogP contribution in [0.5, 0.6) is 0 Å². The van der Waals surface area contributed by atoms with Gasteiger partial charge in [-0.2, -0.15) is 0 Å². The van der Waals surface area contributed by atoms with Gasteiger partial charge < -0.3 is 5.32 Å². The highest BCUT2D eigenvalue weighted by Gasteiger charge is 2.14. The number of terminal acetylenes is 1. The van der Waals surface area contributed by atoms with Gasteiger partial charge in [0.1, 0.15) is 12.0 Å². The number of nitrogens with zero attached hydrogens (tertiary/aromatic N) is 2. The number of hydrogen-bond acceptors (Lipinski definition) is 4. The fraction of sp³-hybridized carbons (Fsp3) is 0.417. The van der Waals surface area contributed by atoms with E-state index in [4.69, 9.17) is 6.42 Å². The Kier molecular flexibility index (Phi) is 4.05. The zero-order valence-electron chi connectivity index (χ0n) is 10.1. The van der Waals surface area contributed by atoms with Gasteiger partial charge in [0.25, 0.3) is 5.69 Å². The van der Waals surface area contributed by atoms with Gasteiger partial charge in [0, 0.05) is 5.56 Å². The van der Waals surface area contributed by atoms with Gasteiger partial charge in [0.2, 0.25) is 0 Å². The molecule has 1 N–H and O–H groups in total. The fourth-order valence-electron chi connectivity index (χ4n) is 1.38. The van der Waals surface area contributed by atoms with Gasteiger partial charge in [-0.25, -0.2) is 4.98 Å². The first-order valence-electron chi connectivity index (χ1n) is 5.29. The van der Waals surface area contributed by atoms with Crippen molar-refractivity contribution in [1.29, 1.82) is 0 Å². The van der Waals surface area contributed by atoms with Gasteiger partial charge in [-0.3, -0.25) is 10.1 Å². The van der Waals surface area contributed by atoms with Crippen molar-refractivity contribution >= 4 is 11.5 Å². The van der Waals surface area contributed by atoms with Crippen LogP contribution < -0.4 is 5.32 Å². The quantitative estimate of drug-likeness (QED) is 0.492. The van der Waals surface area contributed by atoms with E-state index in [9.17, 15) is 10.1 Å². The van der Waals surface area contributed by atoms with E-state index in [0.29, 0.717) is 11.4 Å². The molecule has 0 spiro atoms. The first-order chi connectivity index (χ1) is 7.95. The predicted octanol–water partition coefficient (Wildman–Crippen LogP) is 2.37. The van der Waals surface area contributed by atoms with Crippen molar-refractivity contribution in [3.63, 3.8) is 0 Å². The normalized spacial score (nSPS) is 11.9. The van der Waals surface area contributed by atoms with Gasteiger partial charge in [-0.15, -0.1) is 6.42 Å². The summed E-state index contributed by atoms with van der Waals surface area (Å²) >= 11 is 0. The summed E-state index contributed by atoms with van der Waals surface area (Å²) in [6, 6.07) is 1.49. The van der Waals surface area contributed by atoms with Crippen LogP contribution in [-0.4, -0.2) is 15.9 Å². The van der Waals surface area contributed by atoms with Gasteiger partial charge in [0.15, 0.2) is 0 Å². The average Bonchev–Trinajstić information content (AvgIpc) is 2.24. The molecule has 5 nitrogen and oxygen atoms in total. The largest absolute Gasteiger partial charge is 0.356 e. The van der Waals surface area contributed by atoms with E-state index >= 15 is 0 Å². The minimum atomic E-state index is -0.451. The Labute approximate surface area is 100 Å². The van der Waals surface area contributed by atoms with Crippen LogP contribution in [0, 0.1) is 35.3 Å². The number of aromatic nitrogens is 1. The Balaban J connectivity index is 2.92. The maximum Gasteiger partial charge on any atom is 0.290 e. The Bertz CT molecular complexity index is 463. The van der Waals surface area contributed by atoms with Crippen molar-refractivity contribution in [3.8, 4) is 12.3 Å². The van der Waals surface area contributed by atoms with E-state index in [0.717, 1.165) is 0 Å². The van der Waals surface area contributed by atoms with E-state index in [1.807, 2.05) is 13.8 Å². The van der Waals surface area contributed by atoms with E-state index in [-0.39, 0.29) is 17.6 Å². The Morgan fingerprint density at radius 2 is 2.24 bits per heavy atom. The molecule has 1 aromatic rings. The molecule has 1 heterocycles. The number of pyridine rings is 1. The highest BCUT2D eigenvalue weighted by molar-refractivity contribution is 5.48. The smallest absolute Gasteiger partial charge is 0.290 e. The molecule has 0 aromatic carbocycles. The molecule has 0 fully saturated rings. The SMILES string of the molecule is C#CC(Nc1cc(C)c([N+](=O)[O-])cn1)C(C)C. The van der Waals surface area contributed by atoms with Gasteiger partial charge in [0.05, 0.1) is 11.0 Å². The van der Waals surface area contributed by atoms with Crippen LogP contribution in [0.4, 0.5) is 11.5 Å². The first-order valence-corrected chi connectivity index (χ1v) is 5.29. The van der Waals surface area contributed by atoms with Crippen molar-refractivity contribution in [2.75, 3.05) is 5.32 Å². The van der Waals surface area contributed by atoms with E-state index in [1.54, 1.807) is 13.0 Å². The topological polar surface area (TPSA) is 68.1 Å². The number of anilines is 1. The van der Waals surface area contributed by atoms with Gasteiger partial charge >= 0.3 is 0 Å². The molecule has 0 aliphatic carbocycles. The van der Waals surface area contributed by atoms with E-state index in [1.165, 1.54) is 6.20 Å². The molecule has 1 aromatic heterocycles. The summed E-state index contributed by atoms with van der Waals surface area (Å²) in [6.07, 6.45) is 6.63. The number of nitrogens with one attached hydrogen (secondary N) is 1. The molecule has 0 saturated heterocycles. The van der Waals surface area contributed by atoms with Crippen LogP contribution >= 0.6 is 0 Å². The molecule has 5 heteroatoms. The van der Waals surface area contributed by atoms with Crippen LogP contribution in [0.1, 0.15) is 19.4 Å². The standard InChI is InChI=1S/C12H15N3O2/c1-5-10(8(2)3)14-12-6-9(4)11(7-13-12)15(16)17/h1,6-8,10H,2-4H3,(H,13,14). The first kappa shape index (κ1) is 13.0. The summed E-state index contributed by atoms with van der Waals surface area (Å²) in [5.41, 5.74) is 0.574. The summed E-state index contributed by atoms with van der Waals surface area (Å²) in [7, 11) is 0. The average molecular weight is 233 g/mol. The third-order valence-corrected chi connectivity index (χ3v) is 2.43. The highest BCUT2D eigenvalue weighted by Crippen LogP contribution is 2.19. The lowest BCUT2D eigenvalue weighted by Crippen LogP contribution is -2.24. The third-order valence-electron chi connectivity index (χ3n) is 2.43. The van der Waals surface area contributed by atoms with Crippen molar-refractivity contribution in [1.82, 2.24) is 4.98 Å². The van der Waals surface area contributed by atoms with E-state index in [2.05, 4.69) is 16.2 Å². The van der Waals surface area contributed by atoms with Crippen molar-refractivity contribution < 1.29 is 4.92 Å². The lowest BCUT2D eigenvalue weighted by Gasteiger charge is -2.17. The summed E-state index contributed by atoms with van der Waals surface area (Å²) in [5.74, 6) is 3.44. The highest BCUT2D eigenvalue weighted by atomic mass is 16.6. The Morgan fingerprint density at radius 3 is 2.65 bits per heavy atom. The zero-order valence-corrected chi connectivity index (χ0v) is 10.1. The summed E-state index contributed by atoms with van der Waals surface area (Å²) in [5, 5.41) is 13.7. The van der Waals surface area contributed by atoms with Crippen molar-refractivity contribution in [2.24, 2.45) is 5.92 Å². The molecule has 0 amide bonds. The summed E-state index contributed by atoms with van der Waals surface area (Å²) in [6.45, 7) is 5.66. The molecule has 0 aliphatic heterocycles. The molecule has 90 valence electrons. The predicted molar refractivity (Wildman–Crippen MR) is 66.7 cm³/mol. The molecule has 0 radical (unpaired) electrons. The Hall–Kier alpha value is -2.09. The molecular weight excluding hydrogens is 218 g/mol. The number of rotatable bonds is 4. The zero-order chi connectivity index (χ0) is 13.0. The minimum Gasteiger partial charge on any atom is -0.356 e. The van der Waals surface area contributed by atoms with Crippen LogP contribution in [0.2, 0.25) is 0 Å². The van der Waals surface area contributed by atoms with Crippen LogP contribution in [0.15, 0.2) is 12.3 Å². The van der Waals surface area contributed by atoms with Crippen molar-refractivity contribution in [2.45, 2.75) is 26.8 Å². The number of aryl methyl sites for hydroxylation is 1. The van der Waals surface area contributed by atoms with Gasteiger partial charge in [-0.1, -0.05) is 19.8 Å². The second-order valence-electron chi connectivity index (χ2n) is 4.15. The van der Waals surface area contributed by atoms with E-state index < -0.39 is 4.92 Å². The maximum atomic E-state index is 10.6. The molecule has 0 bridgehead atoms. The third kappa shape index (κ3) is 3.18. The number of hydrogen-bond donors (Lipinski definition) is 1. The molecule has 1 unspecified atom stereocenters. The second kappa shape index (κ2) is 5.30. The molecule has 1 rings (SSSR count). The fourth-order valence-corrected chi connectivity index (χ4v) is 1.38. The minimum absolute atomic E-state index is 0.0114. The lowest BCUT2D eigenvalue weighted by atomic mass is 10.1. The van der Waals surface area contributed by atoms with Crippen LogP contribution in [0.25, 0.3) is 0 Å². The molecule has 0 aliphatic rings. The number of nitro groups is 1. The summed E-state index contributed by atoms with van der Waals surface area (Å²) in [4.78, 5) is 14.2. The molecule has 0 saturated carbocycles. The van der Waals surface area contributed by atoms with Crippen LogP contribution in [-0.2, 0) is 0 Å². The lowest BCUT2D eigenvalue weighted by molar-refractivity contribution is -0.385. The van der Waals surface area contributed by atoms with Crippen molar-refractivity contribution in [3.05, 3.63) is 27.9 Å². The Morgan fingerprint density at radius 1 is 1.59 bits per heavy atom. The summed E-state index contributed by atoms with van der Waals surface area (Å²) < 4.78 is 0. The second-order valence-corrected chi connectivity index (χ2v) is 4.15. The monoisotopic (exact) mass is 233 g/mol. The molecule has 1 atom stereocenters. The van der Waals surface area contributed by atoms with Crippen LogP contribution in [0.3, 0.4) is 0 Å². The maximum absolute atomic E-state index is 10.6. The van der Waals surface area contributed by atoms with Gasteiger partial charge in [-0.05, 0) is 18.9 Å². The molecule has 17 heavy (non-hydrogen) atoms. The molecular formula is C12H15N3O2.